The van der Waals surface area contributed by atoms with E-state index in [0.29, 0.717) is 29.7 Å². The van der Waals surface area contributed by atoms with Crippen LogP contribution in [0.2, 0.25) is 0 Å². The van der Waals surface area contributed by atoms with E-state index in [1.165, 1.54) is 6.07 Å². The number of carbonyl (C=O) groups excluding carboxylic acids is 1. The topological polar surface area (TPSA) is 81.1 Å². The minimum atomic E-state index is -0.532. The number of primary amides is 1. The highest BCUT2D eigenvalue weighted by Crippen LogP contribution is 2.64. The van der Waals surface area contributed by atoms with Crippen LogP contribution in [0.4, 0.5) is 4.39 Å². The molecule has 1 aromatic heterocycles. The maximum atomic E-state index is 14.8. The molecule has 152 valence electrons. The zero-order valence-corrected chi connectivity index (χ0v) is 16.3. The van der Waals surface area contributed by atoms with Crippen molar-refractivity contribution in [2.45, 2.75) is 50.7 Å². The lowest BCUT2D eigenvalue weighted by Crippen LogP contribution is -2.58. The molecule has 0 saturated heterocycles. The number of halogens is 1. The molecule has 4 unspecified atom stereocenters. The van der Waals surface area contributed by atoms with E-state index in [4.69, 9.17) is 5.73 Å². The summed E-state index contributed by atoms with van der Waals surface area (Å²) in [5.41, 5.74) is 8.01. The Bertz CT molecular complexity index is 986. The number of benzene rings is 1. The van der Waals surface area contributed by atoms with Crippen LogP contribution < -0.4 is 5.73 Å². The number of aliphatic hydroxyl groups is 1. The number of aliphatic hydroxyl groups excluding tert-OH is 1. The van der Waals surface area contributed by atoms with Crippen LogP contribution in [-0.2, 0) is 4.79 Å². The molecule has 4 fully saturated rings. The molecule has 0 spiro atoms. The molecule has 2 aromatic rings. The predicted molar refractivity (Wildman–Crippen MR) is 105 cm³/mol. The van der Waals surface area contributed by atoms with Gasteiger partial charge in [-0.15, -0.1) is 0 Å². The van der Waals surface area contributed by atoms with Crippen molar-refractivity contribution in [3.63, 3.8) is 0 Å². The molecule has 7 rings (SSSR count). The molecule has 6 heteroatoms. The third-order valence-corrected chi connectivity index (χ3v) is 8.47. The number of nitrogens with zero attached hydrogens (tertiary/aromatic N) is 2. The number of amides is 1. The summed E-state index contributed by atoms with van der Waals surface area (Å²) in [5.74, 6) is 0.751. The second-order valence-electron chi connectivity index (χ2n) is 9.92. The van der Waals surface area contributed by atoms with Gasteiger partial charge in [-0.3, -0.25) is 4.79 Å². The Hall–Kier alpha value is -2.21. The van der Waals surface area contributed by atoms with Gasteiger partial charge in [0, 0.05) is 17.0 Å². The van der Waals surface area contributed by atoms with E-state index in [0.717, 1.165) is 43.4 Å². The van der Waals surface area contributed by atoms with Gasteiger partial charge in [-0.2, -0.15) is 0 Å². The monoisotopic (exact) mass is 395 g/mol. The smallest absolute Gasteiger partial charge is 0.221 e. The number of imidazole rings is 1. The van der Waals surface area contributed by atoms with Crippen molar-refractivity contribution in [3.8, 4) is 11.3 Å². The van der Waals surface area contributed by atoms with Gasteiger partial charge in [0.25, 0.3) is 0 Å². The van der Waals surface area contributed by atoms with Gasteiger partial charge in [0.05, 0.1) is 30.4 Å². The van der Waals surface area contributed by atoms with Crippen LogP contribution in [0.1, 0.15) is 50.1 Å². The lowest BCUT2D eigenvalue weighted by molar-refractivity contribution is -0.163. The van der Waals surface area contributed by atoms with Crippen LogP contribution in [0.15, 0.2) is 30.7 Å². The van der Waals surface area contributed by atoms with Crippen molar-refractivity contribution in [1.82, 2.24) is 9.55 Å². The number of aromatic nitrogens is 2. The first-order valence-electron chi connectivity index (χ1n) is 10.7. The quantitative estimate of drug-likeness (QED) is 0.834. The van der Waals surface area contributed by atoms with Crippen molar-refractivity contribution >= 4 is 5.91 Å². The van der Waals surface area contributed by atoms with Crippen molar-refractivity contribution in [1.29, 1.82) is 0 Å². The highest BCUT2D eigenvalue weighted by atomic mass is 19.1. The minimum absolute atomic E-state index is 0.0308. The van der Waals surface area contributed by atoms with Gasteiger partial charge in [-0.25, -0.2) is 9.37 Å². The summed E-state index contributed by atoms with van der Waals surface area (Å²) >= 11 is 0. The normalized spacial score (nSPS) is 37.4. The van der Waals surface area contributed by atoms with Crippen LogP contribution in [-0.4, -0.2) is 26.7 Å². The third-order valence-electron chi connectivity index (χ3n) is 8.47. The standard InChI is InChI=1S/C23H26FN3O2/c24-16-3-1-2-15-18-10-26-11-27(18)17(21(15)16)6-19(28)23-7-12-4-13(8-23)20(22(25)29)14(5-12)9-23/h1-3,10-14,17,19-20,28H,4-9H2,(H2,25,29). The molecule has 1 amide bonds. The van der Waals surface area contributed by atoms with Crippen LogP contribution >= 0.6 is 0 Å². The fourth-order valence-electron chi connectivity index (χ4n) is 7.65. The summed E-state index contributed by atoms with van der Waals surface area (Å²) in [6.07, 6.45) is 8.32. The lowest BCUT2D eigenvalue weighted by atomic mass is 9.44. The van der Waals surface area contributed by atoms with Gasteiger partial charge in [-0.05, 0) is 67.8 Å². The molecule has 4 saturated carbocycles. The van der Waals surface area contributed by atoms with Gasteiger partial charge in [0.15, 0.2) is 0 Å². The van der Waals surface area contributed by atoms with Crippen LogP contribution in [0.5, 0.6) is 0 Å². The van der Waals surface area contributed by atoms with Crippen LogP contribution in [0.25, 0.3) is 11.3 Å². The Labute approximate surface area is 169 Å². The zero-order chi connectivity index (χ0) is 19.9. The number of rotatable bonds is 4. The molecule has 5 aliphatic rings. The van der Waals surface area contributed by atoms with E-state index in [9.17, 15) is 14.3 Å². The second-order valence-corrected chi connectivity index (χ2v) is 9.92. The van der Waals surface area contributed by atoms with Crippen molar-refractivity contribution in [2.24, 2.45) is 34.8 Å². The fourth-order valence-corrected chi connectivity index (χ4v) is 7.65. The number of nitrogens with two attached hydrogens (primary N) is 1. The first-order valence-corrected chi connectivity index (χ1v) is 10.7. The van der Waals surface area contributed by atoms with E-state index in [2.05, 4.69) is 4.98 Å². The average Bonchev–Trinajstić information content (AvgIpc) is 3.24. The summed E-state index contributed by atoms with van der Waals surface area (Å²) in [7, 11) is 0. The summed E-state index contributed by atoms with van der Waals surface area (Å²) in [6.45, 7) is 0. The van der Waals surface area contributed by atoms with Crippen LogP contribution in [0, 0.1) is 34.9 Å². The minimum Gasteiger partial charge on any atom is -0.392 e. The highest BCUT2D eigenvalue weighted by molar-refractivity contribution is 5.77. The maximum Gasteiger partial charge on any atom is 0.221 e. The Morgan fingerprint density at radius 3 is 2.79 bits per heavy atom. The summed E-state index contributed by atoms with van der Waals surface area (Å²) in [4.78, 5) is 16.3. The largest absolute Gasteiger partial charge is 0.392 e. The molecule has 2 heterocycles. The molecule has 1 aromatic carbocycles. The predicted octanol–water partition coefficient (Wildman–Crippen LogP) is 3.27. The second kappa shape index (κ2) is 5.91. The number of fused-ring (bicyclic) bond motifs is 3. The Morgan fingerprint density at radius 2 is 2.07 bits per heavy atom. The van der Waals surface area contributed by atoms with Gasteiger partial charge >= 0.3 is 0 Å². The molecule has 3 N–H and O–H groups in total. The summed E-state index contributed by atoms with van der Waals surface area (Å²) in [5, 5.41) is 11.5. The van der Waals surface area contributed by atoms with Crippen molar-refractivity contribution < 1.29 is 14.3 Å². The number of hydrogen-bond donors (Lipinski definition) is 2. The van der Waals surface area contributed by atoms with E-state index in [1.54, 1.807) is 18.6 Å². The Balaban J connectivity index is 1.33. The SMILES string of the molecule is NC(=O)C1C2CC3CC1CC(C(O)CC1c4c(F)cccc4-c4cncn41)(C3)C2. The molecule has 0 radical (unpaired) electrons. The molecule has 5 nitrogen and oxygen atoms in total. The zero-order valence-electron chi connectivity index (χ0n) is 16.3. The molecule has 4 atom stereocenters. The molecule has 1 aliphatic heterocycles. The van der Waals surface area contributed by atoms with Crippen molar-refractivity contribution in [3.05, 3.63) is 42.1 Å². The van der Waals surface area contributed by atoms with Gasteiger partial charge in [0.2, 0.25) is 5.91 Å². The van der Waals surface area contributed by atoms with Crippen molar-refractivity contribution in [2.75, 3.05) is 0 Å². The van der Waals surface area contributed by atoms with Gasteiger partial charge in [-0.1, -0.05) is 12.1 Å². The molecular weight excluding hydrogens is 369 g/mol. The third kappa shape index (κ3) is 2.35. The van der Waals surface area contributed by atoms with E-state index < -0.39 is 6.10 Å². The number of carbonyl (C=O) groups is 1. The van der Waals surface area contributed by atoms with Gasteiger partial charge < -0.3 is 15.4 Å². The van der Waals surface area contributed by atoms with Crippen LogP contribution in [0.3, 0.4) is 0 Å². The Morgan fingerprint density at radius 1 is 1.31 bits per heavy atom. The van der Waals surface area contributed by atoms with E-state index >= 15 is 0 Å². The molecule has 4 aliphatic carbocycles. The Kier molecular flexibility index (Phi) is 3.59. The van der Waals surface area contributed by atoms with E-state index in [-0.39, 0.29) is 29.1 Å². The first-order chi connectivity index (χ1) is 14.0. The molecule has 29 heavy (non-hydrogen) atoms. The molecular formula is C23H26FN3O2. The average molecular weight is 395 g/mol. The number of hydrogen-bond acceptors (Lipinski definition) is 3. The maximum absolute atomic E-state index is 14.8. The fraction of sp³-hybridized carbons (Fsp3) is 0.565. The van der Waals surface area contributed by atoms with Gasteiger partial charge in [0.1, 0.15) is 5.82 Å². The summed E-state index contributed by atoms with van der Waals surface area (Å²) in [6, 6.07) is 4.92. The first kappa shape index (κ1) is 17.6. The summed E-state index contributed by atoms with van der Waals surface area (Å²) < 4.78 is 16.8. The lowest BCUT2D eigenvalue weighted by Gasteiger charge is -2.61. The molecule has 4 bridgehead atoms. The van der Waals surface area contributed by atoms with E-state index in [1.807, 2.05) is 10.6 Å². The highest BCUT2D eigenvalue weighted by Gasteiger charge is 2.59.